The highest BCUT2D eigenvalue weighted by Crippen LogP contribution is 2.30. The molecule has 2 unspecified atom stereocenters. The van der Waals surface area contributed by atoms with E-state index in [4.69, 9.17) is 14.4 Å². The van der Waals surface area contributed by atoms with Crippen LogP contribution in [0.4, 0.5) is 4.79 Å². The van der Waals surface area contributed by atoms with Crippen molar-refractivity contribution in [2.45, 2.75) is 50.7 Å². The summed E-state index contributed by atoms with van der Waals surface area (Å²) >= 11 is 0. The number of hydrogen-bond acceptors (Lipinski definition) is 7. The molecule has 3 aliphatic rings. The van der Waals surface area contributed by atoms with Crippen LogP contribution in [0.5, 0.6) is 0 Å². The number of urea groups is 1. The number of rotatable bonds is 8. The van der Waals surface area contributed by atoms with Crippen LogP contribution in [0.1, 0.15) is 32.6 Å². The quantitative estimate of drug-likeness (QED) is 0.440. The summed E-state index contributed by atoms with van der Waals surface area (Å²) in [4.78, 5) is 48.4. The lowest BCUT2D eigenvalue weighted by atomic mass is 10.0. The minimum Gasteiger partial charge on any atom is -0.464 e. The van der Waals surface area contributed by atoms with Gasteiger partial charge in [-0.1, -0.05) is 0 Å². The molecule has 3 heterocycles. The molecule has 3 amide bonds. The fourth-order valence-corrected chi connectivity index (χ4v) is 3.58. The molecule has 0 aromatic carbocycles. The molecule has 3 atom stereocenters. The normalized spacial score (nSPS) is 27.7. The Balaban J connectivity index is 1.47. The number of carbonyl (C=O) groups excluding carboxylic acids is 3. The zero-order valence-electron chi connectivity index (χ0n) is 14.9. The van der Waals surface area contributed by atoms with E-state index in [9.17, 15) is 14.4 Å². The lowest BCUT2D eigenvalue weighted by Crippen LogP contribution is -2.50. The Hall–Kier alpha value is -1.91. The first kappa shape index (κ1) is 18.9. The van der Waals surface area contributed by atoms with Gasteiger partial charge in [-0.25, -0.2) is 15.1 Å². The van der Waals surface area contributed by atoms with Crippen LogP contribution < -0.4 is 10.8 Å². The Morgan fingerprint density at radius 3 is 2.88 bits per heavy atom. The van der Waals surface area contributed by atoms with E-state index < -0.39 is 18.0 Å². The molecule has 10 nitrogen and oxygen atoms in total. The molecule has 0 saturated carbocycles. The Morgan fingerprint density at radius 2 is 2.15 bits per heavy atom. The average Bonchev–Trinajstić information content (AvgIpc) is 3.22. The van der Waals surface area contributed by atoms with E-state index in [-0.39, 0.29) is 31.2 Å². The van der Waals surface area contributed by atoms with Gasteiger partial charge in [-0.15, -0.1) is 0 Å². The maximum absolute atomic E-state index is 12.5. The number of nitrogens with zero attached hydrogens (tertiary/aromatic N) is 2. The first-order chi connectivity index (χ1) is 12.6. The summed E-state index contributed by atoms with van der Waals surface area (Å²) in [5.74, 6) is -0.859. The van der Waals surface area contributed by atoms with Crippen LogP contribution in [0.25, 0.3) is 0 Å². The molecule has 0 aromatic rings. The second-order valence-corrected chi connectivity index (χ2v) is 6.66. The van der Waals surface area contributed by atoms with Crippen LogP contribution in [0.15, 0.2) is 0 Å². The van der Waals surface area contributed by atoms with E-state index in [0.717, 1.165) is 19.4 Å². The number of amides is 3. The van der Waals surface area contributed by atoms with Crippen LogP contribution in [-0.2, 0) is 24.0 Å². The zero-order valence-corrected chi connectivity index (χ0v) is 14.9. The monoisotopic (exact) mass is 370 g/mol. The minimum absolute atomic E-state index is 0.162. The summed E-state index contributed by atoms with van der Waals surface area (Å²) in [5, 5.41) is 4.47. The third-order valence-electron chi connectivity index (χ3n) is 4.87. The molecule has 2 bridgehead atoms. The Bertz CT molecular complexity index is 539. The van der Waals surface area contributed by atoms with Gasteiger partial charge in [0.15, 0.2) is 6.61 Å². The number of fused-ring (bicyclic) bond motifs is 2. The highest BCUT2D eigenvalue weighted by molar-refractivity contribution is 5.88. The molecule has 0 aliphatic carbocycles. The van der Waals surface area contributed by atoms with Crippen molar-refractivity contribution in [2.75, 3.05) is 32.9 Å². The third-order valence-corrected chi connectivity index (χ3v) is 4.87. The van der Waals surface area contributed by atoms with E-state index in [1.165, 1.54) is 9.96 Å². The average molecular weight is 370 g/mol. The molecule has 3 saturated heterocycles. The van der Waals surface area contributed by atoms with Crippen LogP contribution >= 0.6 is 0 Å². The van der Waals surface area contributed by atoms with Crippen molar-refractivity contribution in [3.8, 4) is 0 Å². The van der Waals surface area contributed by atoms with Gasteiger partial charge in [0.1, 0.15) is 6.04 Å². The molecular weight excluding hydrogens is 344 g/mol. The van der Waals surface area contributed by atoms with Crippen molar-refractivity contribution in [1.82, 2.24) is 20.8 Å². The van der Waals surface area contributed by atoms with Crippen molar-refractivity contribution in [2.24, 2.45) is 0 Å². The summed E-state index contributed by atoms with van der Waals surface area (Å²) in [5.41, 5.74) is 2.46. The first-order valence-electron chi connectivity index (χ1n) is 9.13. The largest absolute Gasteiger partial charge is 0.464 e. The van der Waals surface area contributed by atoms with Crippen LogP contribution in [-0.4, -0.2) is 78.9 Å². The third kappa shape index (κ3) is 4.25. The number of carbonyl (C=O) groups is 3. The Kier molecular flexibility index (Phi) is 6.28. The van der Waals surface area contributed by atoms with Gasteiger partial charge < -0.3 is 15.0 Å². The number of hydrogen-bond donors (Lipinski definition) is 2. The number of piperidine rings is 1. The maximum atomic E-state index is 12.5. The topological polar surface area (TPSA) is 109 Å². The van der Waals surface area contributed by atoms with Gasteiger partial charge in [-0.3, -0.25) is 14.5 Å². The van der Waals surface area contributed by atoms with E-state index in [1.54, 1.807) is 6.92 Å². The van der Waals surface area contributed by atoms with Crippen molar-refractivity contribution < 1.29 is 28.8 Å². The van der Waals surface area contributed by atoms with Crippen molar-refractivity contribution in [1.29, 1.82) is 0 Å². The second kappa shape index (κ2) is 8.65. The van der Waals surface area contributed by atoms with Gasteiger partial charge in [-0.05, 0) is 39.2 Å². The predicted octanol–water partition coefficient (Wildman–Crippen LogP) is -0.450. The molecular formula is C16H26N4O6. The van der Waals surface area contributed by atoms with Crippen molar-refractivity contribution in [3.63, 3.8) is 0 Å². The van der Waals surface area contributed by atoms with Gasteiger partial charge in [0.05, 0.1) is 19.3 Å². The number of nitrogens with one attached hydrogen (secondary N) is 2. The standard InChI is InChI=1S/C16H26N4O6/c1-2-24-14(21)10-26-20-12-5-6-13(19(8-12)16(20)23)15(22)18-25-9-11-4-3-7-17-11/h11-13,17H,2-10H2,1H3,(H,18,22)/t11-,12?,13?/m0/s1. The number of ether oxygens (including phenoxy) is 1. The summed E-state index contributed by atoms with van der Waals surface area (Å²) in [7, 11) is 0. The second-order valence-electron chi connectivity index (χ2n) is 6.66. The molecule has 0 spiro atoms. The fourth-order valence-electron chi connectivity index (χ4n) is 3.58. The predicted molar refractivity (Wildman–Crippen MR) is 88.5 cm³/mol. The molecule has 146 valence electrons. The summed E-state index contributed by atoms with van der Waals surface area (Å²) in [6, 6.07) is -0.906. The molecule has 3 aliphatic heterocycles. The highest BCUT2D eigenvalue weighted by atomic mass is 16.7. The van der Waals surface area contributed by atoms with E-state index >= 15 is 0 Å². The van der Waals surface area contributed by atoms with Crippen LogP contribution in [0.2, 0.25) is 0 Å². The van der Waals surface area contributed by atoms with Crippen LogP contribution in [0.3, 0.4) is 0 Å². The molecule has 0 aromatic heterocycles. The van der Waals surface area contributed by atoms with Crippen molar-refractivity contribution in [3.05, 3.63) is 0 Å². The van der Waals surface area contributed by atoms with Gasteiger partial charge in [0.25, 0.3) is 5.91 Å². The summed E-state index contributed by atoms with van der Waals surface area (Å²) < 4.78 is 4.79. The molecule has 2 N–H and O–H groups in total. The smallest absolute Gasteiger partial charge is 0.345 e. The first-order valence-corrected chi connectivity index (χ1v) is 9.13. The Labute approximate surface area is 152 Å². The van der Waals surface area contributed by atoms with Gasteiger partial charge in [0, 0.05) is 12.6 Å². The SMILES string of the molecule is CCOC(=O)CON1C(=O)N2CC1CCC2C(=O)NOC[C@@H]1CCCN1. The highest BCUT2D eigenvalue weighted by Gasteiger charge is 2.48. The Morgan fingerprint density at radius 1 is 1.31 bits per heavy atom. The van der Waals surface area contributed by atoms with Crippen LogP contribution in [0, 0.1) is 0 Å². The van der Waals surface area contributed by atoms with Gasteiger partial charge >= 0.3 is 12.0 Å². The maximum Gasteiger partial charge on any atom is 0.345 e. The molecule has 3 rings (SSSR count). The van der Waals surface area contributed by atoms with E-state index in [0.29, 0.717) is 26.0 Å². The zero-order chi connectivity index (χ0) is 18.5. The van der Waals surface area contributed by atoms with E-state index in [2.05, 4.69) is 10.8 Å². The molecule has 3 fully saturated rings. The van der Waals surface area contributed by atoms with Gasteiger partial charge in [0.2, 0.25) is 0 Å². The number of esters is 1. The van der Waals surface area contributed by atoms with E-state index in [1.807, 2.05) is 0 Å². The summed E-state index contributed by atoms with van der Waals surface area (Å²) in [6.45, 7) is 3.40. The molecule has 0 radical (unpaired) electrons. The van der Waals surface area contributed by atoms with Crippen molar-refractivity contribution >= 4 is 17.9 Å². The number of hydroxylamine groups is 3. The lowest BCUT2D eigenvalue weighted by Gasteiger charge is -2.29. The fraction of sp³-hybridized carbons (Fsp3) is 0.812. The molecule has 10 heteroatoms. The summed E-state index contributed by atoms with van der Waals surface area (Å²) in [6.07, 6.45) is 3.27. The van der Waals surface area contributed by atoms with Gasteiger partial charge in [-0.2, -0.15) is 5.06 Å². The lowest BCUT2D eigenvalue weighted by molar-refractivity contribution is -0.172. The molecule has 26 heavy (non-hydrogen) atoms. The minimum atomic E-state index is -0.591.